The second-order valence-electron chi connectivity index (χ2n) is 5.08. The average Bonchev–Trinajstić information content (AvgIpc) is 2.80. The molecule has 0 fully saturated rings. The van der Waals surface area contributed by atoms with E-state index < -0.39 is 0 Å². The van der Waals surface area contributed by atoms with Gasteiger partial charge in [0.15, 0.2) is 0 Å². The van der Waals surface area contributed by atoms with Gasteiger partial charge in [0.1, 0.15) is 0 Å². The molecular weight excluding hydrogens is 252 g/mol. The van der Waals surface area contributed by atoms with Crippen LogP contribution in [-0.2, 0) is 19.5 Å². The van der Waals surface area contributed by atoms with E-state index in [4.69, 9.17) is 5.73 Å². The molecule has 1 aliphatic heterocycles. The first-order valence-electron chi connectivity index (χ1n) is 6.97. The monoisotopic (exact) mass is 272 g/mol. The van der Waals surface area contributed by atoms with E-state index >= 15 is 0 Å². The van der Waals surface area contributed by atoms with E-state index in [-0.39, 0.29) is 0 Å². The number of nitrogens with zero attached hydrogens (tertiary/aromatic N) is 1. The number of fused-ring (bicyclic) bond motifs is 1. The largest absolute Gasteiger partial charge is 0.366 e. The normalized spacial score (nSPS) is 15.1. The summed E-state index contributed by atoms with van der Waals surface area (Å²) in [5, 5.41) is 0. The minimum atomic E-state index is 0.654. The number of para-hydroxylation sites is 1. The summed E-state index contributed by atoms with van der Waals surface area (Å²) in [5.74, 6) is 0. The molecule has 3 rings (SSSR count). The van der Waals surface area contributed by atoms with Crippen LogP contribution >= 0.6 is 11.3 Å². The van der Waals surface area contributed by atoms with Crippen molar-refractivity contribution in [1.29, 1.82) is 0 Å². The Morgan fingerprint density at radius 1 is 1.05 bits per heavy atom. The molecule has 0 radical (unpaired) electrons. The fourth-order valence-corrected chi connectivity index (χ4v) is 3.65. The van der Waals surface area contributed by atoms with E-state index in [0.29, 0.717) is 6.54 Å². The van der Waals surface area contributed by atoms with Crippen molar-refractivity contribution in [1.82, 2.24) is 0 Å². The molecule has 3 heteroatoms. The summed E-state index contributed by atoms with van der Waals surface area (Å²) in [7, 11) is 0. The number of benzene rings is 1. The Balaban J connectivity index is 1.83. The Morgan fingerprint density at radius 3 is 2.74 bits per heavy atom. The molecule has 2 heterocycles. The second kappa shape index (κ2) is 5.76. The fraction of sp³-hybridized carbons (Fsp3) is 0.375. The predicted molar refractivity (Wildman–Crippen MR) is 82.6 cm³/mol. The van der Waals surface area contributed by atoms with Crippen LogP contribution in [0, 0.1) is 0 Å². The molecule has 0 aliphatic carbocycles. The molecule has 0 spiro atoms. The van der Waals surface area contributed by atoms with Gasteiger partial charge >= 0.3 is 0 Å². The summed E-state index contributed by atoms with van der Waals surface area (Å²) < 4.78 is 0. The van der Waals surface area contributed by atoms with Gasteiger partial charge in [0.25, 0.3) is 0 Å². The molecule has 0 atom stereocenters. The summed E-state index contributed by atoms with van der Waals surface area (Å²) in [6, 6.07) is 13.2. The van der Waals surface area contributed by atoms with Gasteiger partial charge in [0, 0.05) is 28.5 Å². The van der Waals surface area contributed by atoms with Crippen molar-refractivity contribution in [3.8, 4) is 0 Å². The van der Waals surface area contributed by atoms with Crippen LogP contribution in [0.4, 0.5) is 5.69 Å². The van der Waals surface area contributed by atoms with Gasteiger partial charge in [-0.05, 0) is 43.0 Å². The number of anilines is 1. The third-order valence-corrected chi connectivity index (χ3v) is 4.81. The Labute approximate surface area is 118 Å². The van der Waals surface area contributed by atoms with Gasteiger partial charge in [-0.1, -0.05) is 18.2 Å². The standard InChI is InChI=1S/C16H20N2S/c17-11-14-8-9-15(19-14)12-18-10-4-3-6-13-5-1-2-7-16(13)18/h1-2,5,7-9H,3-4,6,10-12,17H2. The number of aryl methyl sites for hydroxylation is 1. The maximum Gasteiger partial charge on any atom is 0.0523 e. The smallest absolute Gasteiger partial charge is 0.0523 e. The zero-order valence-corrected chi connectivity index (χ0v) is 12.0. The van der Waals surface area contributed by atoms with E-state index in [0.717, 1.165) is 13.1 Å². The lowest BCUT2D eigenvalue weighted by atomic mass is 10.1. The van der Waals surface area contributed by atoms with Gasteiger partial charge in [-0.25, -0.2) is 0 Å². The first kappa shape index (κ1) is 12.7. The lowest BCUT2D eigenvalue weighted by molar-refractivity contribution is 0.717. The maximum atomic E-state index is 5.69. The van der Waals surface area contributed by atoms with Crippen LogP contribution in [0.5, 0.6) is 0 Å². The first-order chi connectivity index (χ1) is 9.36. The maximum absolute atomic E-state index is 5.69. The molecule has 2 nitrogen and oxygen atoms in total. The average molecular weight is 272 g/mol. The highest BCUT2D eigenvalue weighted by Gasteiger charge is 2.15. The highest BCUT2D eigenvalue weighted by Crippen LogP contribution is 2.28. The molecule has 2 N–H and O–H groups in total. The van der Waals surface area contributed by atoms with E-state index in [1.54, 1.807) is 0 Å². The Hall–Kier alpha value is -1.32. The summed E-state index contributed by atoms with van der Waals surface area (Å²) in [6.45, 7) is 2.83. The number of rotatable bonds is 3. The lowest BCUT2D eigenvalue weighted by Crippen LogP contribution is -2.22. The summed E-state index contributed by atoms with van der Waals surface area (Å²) in [6.07, 6.45) is 3.79. The molecule has 1 aliphatic rings. The SMILES string of the molecule is NCc1ccc(CN2CCCCc3ccccc32)s1. The quantitative estimate of drug-likeness (QED) is 0.926. The molecule has 0 unspecified atom stereocenters. The van der Waals surface area contributed by atoms with E-state index in [9.17, 15) is 0 Å². The second-order valence-corrected chi connectivity index (χ2v) is 6.33. The number of hydrogen-bond acceptors (Lipinski definition) is 3. The molecule has 1 aromatic heterocycles. The van der Waals surface area contributed by atoms with Crippen LogP contribution in [0.25, 0.3) is 0 Å². The summed E-state index contributed by atoms with van der Waals surface area (Å²) in [4.78, 5) is 5.21. The number of nitrogens with two attached hydrogens (primary N) is 1. The molecule has 0 saturated carbocycles. The van der Waals surface area contributed by atoms with Crippen molar-refractivity contribution in [2.75, 3.05) is 11.4 Å². The van der Waals surface area contributed by atoms with Crippen molar-refractivity contribution in [2.24, 2.45) is 5.73 Å². The van der Waals surface area contributed by atoms with Crippen LogP contribution in [-0.4, -0.2) is 6.54 Å². The van der Waals surface area contributed by atoms with Crippen molar-refractivity contribution in [3.05, 3.63) is 51.7 Å². The predicted octanol–water partition coefficient (Wildman–Crippen LogP) is 3.55. The van der Waals surface area contributed by atoms with Crippen LogP contribution in [0.2, 0.25) is 0 Å². The first-order valence-corrected chi connectivity index (χ1v) is 7.79. The minimum Gasteiger partial charge on any atom is -0.366 e. The molecule has 1 aromatic carbocycles. The van der Waals surface area contributed by atoms with Crippen LogP contribution in [0.15, 0.2) is 36.4 Å². The molecule has 0 bridgehead atoms. The minimum absolute atomic E-state index is 0.654. The molecule has 0 amide bonds. The van der Waals surface area contributed by atoms with Crippen molar-refractivity contribution < 1.29 is 0 Å². The molecule has 100 valence electrons. The van der Waals surface area contributed by atoms with Gasteiger partial charge in [0.05, 0.1) is 6.54 Å². The van der Waals surface area contributed by atoms with Crippen molar-refractivity contribution in [3.63, 3.8) is 0 Å². The van der Waals surface area contributed by atoms with Gasteiger partial charge in [0.2, 0.25) is 0 Å². The van der Waals surface area contributed by atoms with E-state index in [1.165, 1.54) is 40.3 Å². The van der Waals surface area contributed by atoms with Crippen LogP contribution < -0.4 is 10.6 Å². The zero-order valence-electron chi connectivity index (χ0n) is 11.1. The van der Waals surface area contributed by atoms with Crippen LogP contribution in [0.3, 0.4) is 0 Å². The number of hydrogen-bond donors (Lipinski definition) is 1. The molecule has 0 saturated heterocycles. The molecule has 19 heavy (non-hydrogen) atoms. The van der Waals surface area contributed by atoms with E-state index in [2.05, 4.69) is 41.3 Å². The van der Waals surface area contributed by atoms with Gasteiger partial charge < -0.3 is 10.6 Å². The molecule has 2 aromatic rings. The Morgan fingerprint density at radius 2 is 1.89 bits per heavy atom. The number of thiophene rings is 1. The molecular formula is C16H20N2S. The highest BCUT2D eigenvalue weighted by molar-refractivity contribution is 7.12. The topological polar surface area (TPSA) is 29.3 Å². The highest BCUT2D eigenvalue weighted by atomic mass is 32.1. The van der Waals surface area contributed by atoms with Crippen molar-refractivity contribution in [2.45, 2.75) is 32.4 Å². The Kier molecular flexibility index (Phi) is 3.85. The van der Waals surface area contributed by atoms with Gasteiger partial charge in [-0.15, -0.1) is 11.3 Å². The Bertz CT molecular complexity index is 547. The lowest BCUT2D eigenvalue weighted by Gasteiger charge is -2.24. The van der Waals surface area contributed by atoms with E-state index in [1.807, 2.05) is 11.3 Å². The van der Waals surface area contributed by atoms with Crippen LogP contribution in [0.1, 0.15) is 28.2 Å². The zero-order chi connectivity index (χ0) is 13.1. The summed E-state index contributed by atoms with van der Waals surface area (Å²) in [5.41, 5.74) is 8.61. The third kappa shape index (κ3) is 2.82. The van der Waals surface area contributed by atoms with Gasteiger partial charge in [-0.2, -0.15) is 0 Å². The summed E-state index contributed by atoms with van der Waals surface area (Å²) >= 11 is 1.84. The fourth-order valence-electron chi connectivity index (χ4n) is 2.74. The van der Waals surface area contributed by atoms with Gasteiger partial charge in [-0.3, -0.25) is 0 Å². The third-order valence-electron chi connectivity index (χ3n) is 3.72. The van der Waals surface area contributed by atoms with Crippen molar-refractivity contribution >= 4 is 17.0 Å².